The van der Waals surface area contributed by atoms with E-state index in [-0.39, 0.29) is 23.0 Å². The number of ether oxygens (including phenoxy) is 3. The van der Waals surface area contributed by atoms with E-state index in [4.69, 9.17) is 14.2 Å². The summed E-state index contributed by atoms with van der Waals surface area (Å²) in [6.07, 6.45) is 3.38. The second-order valence-corrected chi connectivity index (χ2v) is 10.7. The summed E-state index contributed by atoms with van der Waals surface area (Å²) in [5, 5.41) is 3.20. The fourth-order valence-corrected chi connectivity index (χ4v) is 5.66. The number of carbonyl (C=O) groups is 1. The first-order chi connectivity index (χ1) is 16.8. The van der Waals surface area contributed by atoms with Gasteiger partial charge in [-0.05, 0) is 51.7 Å². The Bertz CT molecular complexity index is 993. The Morgan fingerprint density at radius 3 is 2.74 bits per heavy atom. The van der Waals surface area contributed by atoms with Crippen LogP contribution in [0.5, 0.6) is 11.5 Å². The number of nitrogens with one attached hydrogen (secondary N) is 1. The van der Waals surface area contributed by atoms with E-state index in [1.807, 2.05) is 12.1 Å². The summed E-state index contributed by atoms with van der Waals surface area (Å²) in [6.45, 7) is 10.1. The zero-order valence-electron chi connectivity index (χ0n) is 21.6. The Morgan fingerprint density at radius 1 is 1.20 bits per heavy atom. The topological polar surface area (TPSA) is 60.0 Å². The monoisotopic (exact) mass is 480 g/mol. The van der Waals surface area contributed by atoms with Crippen LogP contribution in [-0.2, 0) is 21.5 Å². The van der Waals surface area contributed by atoms with E-state index in [0.29, 0.717) is 19.5 Å². The maximum absolute atomic E-state index is 12.8. The molecule has 0 bridgehead atoms. The van der Waals surface area contributed by atoms with Crippen LogP contribution in [0.4, 0.5) is 0 Å². The van der Waals surface area contributed by atoms with Crippen LogP contribution in [0.15, 0.2) is 48.5 Å². The molecule has 2 aromatic rings. The van der Waals surface area contributed by atoms with E-state index >= 15 is 0 Å². The Labute approximate surface area is 209 Å². The Morgan fingerprint density at radius 2 is 2.00 bits per heavy atom. The Kier molecular flexibility index (Phi) is 8.02. The number of rotatable bonds is 8. The van der Waals surface area contributed by atoms with Gasteiger partial charge in [-0.15, -0.1) is 0 Å². The van der Waals surface area contributed by atoms with Gasteiger partial charge in [0, 0.05) is 56.3 Å². The van der Waals surface area contributed by atoms with E-state index in [9.17, 15) is 4.79 Å². The fourth-order valence-electron chi connectivity index (χ4n) is 5.66. The van der Waals surface area contributed by atoms with Crippen LogP contribution >= 0.6 is 0 Å². The van der Waals surface area contributed by atoms with Gasteiger partial charge in [0.2, 0.25) is 5.91 Å². The average Bonchev–Trinajstić information content (AvgIpc) is 2.99. The molecule has 6 nitrogen and oxygen atoms in total. The number of nitrogens with zero attached hydrogens (tertiary/aromatic N) is 1. The maximum Gasteiger partial charge on any atom is 0.221 e. The lowest BCUT2D eigenvalue weighted by molar-refractivity contribution is -0.121. The van der Waals surface area contributed by atoms with Gasteiger partial charge in [0.1, 0.15) is 17.6 Å². The van der Waals surface area contributed by atoms with Crippen LogP contribution in [0.2, 0.25) is 0 Å². The Hall–Kier alpha value is -2.57. The van der Waals surface area contributed by atoms with Crippen molar-refractivity contribution in [1.82, 2.24) is 10.2 Å². The molecular formula is C29H40N2O4. The first-order valence-electron chi connectivity index (χ1n) is 12.8. The predicted octanol–water partition coefficient (Wildman–Crippen LogP) is 4.70. The summed E-state index contributed by atoms with van der Waals surface area (Å²) in [4.78, 5) is 15.1. The fraction of sp³-hybridized carbons (Fsp3) is 0.552. The van der Waals surface area contributed by atoms with Crippen LogP contribution in [0.1, 0.15) is 57.6 Å². The average molecular weight is 481 g/mol. The highest BCUT2D eigenvalue weighted by molar-refractivity contribution is 5.76. The number of amides is 1. The molecule has 1 saturated heterocycles. The molecule has 0 unspecified atom stereocenters. The molecule has 0 radical (unpaired) electrons. The van der Waals surface area contributed by atoms with Gasteiger partial charge in [-0.2, -0.15) is 0 Å². The number of methoxy groups -OCH3 is 1. The molecule has 2 aromatic carbocycles. The lowest BCUT2D eigenvalue weighted by Crippen LogP contribution is -2.45. The largest absolute Gasteiger partial charge is 0.497 e. The number of carbonyl (C=O) groups excluding carboxylic acids is 1. The summed E-state index contributed by atoms with van der Waals surface area (Å²) in [6, 6.07) is 16.7. The molecule has 0 saturated carbocycles. The van der Waals surface area contributed by atoms with E-state index in [1.54, 1.807) is 7.11 Å². The highest BCUT2D eigenvalue weighted by Crippen LogP contribution is 2.43. The van der Waals surface area contributed by atoms with Crippen LogP contribution < -0.4 is 14.8 Å². The number of hydrogen-bond acceptors (Lipinski definition) is 5. The minimum absolute atomic E-state index is 0.0264. The molecule has 2 aliphatic heterocycles. The highest BCUT2D eigenvalue weighted by Gasteiger charge is 2.41. The first-order valence-corrected chi connectivity index (χ1v) is 12.8. The van der Waals surface area contributed by atoms with Gasteiger partial charge in [-0.3, -0.25) is 9.69 Å². The van der Waals surface area contributed by atoms with Gasteiger partial charge >= 0.3 is 0 Å². The number of benzene rings is 2. The molecule has 1 fully saturated rings. The van der Waals surface area contributed by atoms with Crippen LogP contribution in [0, 0.1) is 0 Å². The highest BCUT2D eigenvalue weighted by atomic mass is 16.5. The van der Waals surface area contributed by atoms with Crippen molar-refractivity contribution < 1.29 is 19.0 Å². The number of fused-ring (bicyclic) bond motifs is 1. The quantitative estimate of drug-likeness (QED) is 0.593. The minimum atomic E-state index is -0.163. The molecule has 0 aromatic heterocycles. The SMILES string of the molecule is COc1ccc2c(c1)O[C@H](C)CN(CCC(=O)NCC[C@@]1(c3ccccc3)CCOC(C)(C)C1)C2. The lowest BCUT2D eigenvalue weighted by atomic mass is 9.67. The molecule has 190 valence electrons. The predicted molar refractivity (Wildman–Crippen MR) is 138 cm³/mol. The molecule has 6 heteroatoms. The van der Waals surface area contributed by atoms with Crippen molar-refractivity contribution in [2.45, 2.75) is 70.1 Å². The van der Waals surface area contributed by atoms with E-state index in [1.165, 1.54) is 5.56 Å². The third-order valence-corrected chi connectivity index (χ3v) is 7.32. The molecule has 35 heavy (non-hydrogen) atoms. The van der Waals surface area contributed by atoms with Gasteiger partial charge in [0.15, 0.2) is 0 Å². The third-order valence-electron chi connectivity index (χ3n) is 7.32. The van der Waals surface area contributed by atoms with Gasteiger partial charge in [-0.25, -0.2) is 0 Å². The normalized spacial score (nSPS) is 24.1. The molecule has 0 aliphatic carbocycles. The van der Waals surface area contributed by atoms with E-state index in [0.717, 1.165) is 56.0 Å². The zero-order chi connectivity index (χ0) is 24.9. The van der Waals surface area contributed by atoms with Gasteiger partial charge in [0.05, 0.1) is 12.7 Å². The Balaban J connectivity index is 1.31. The van der Waals surface area contributed by atoms with Crippen molar-refractivity contribution in [1.29, 1.82) is 0 Å². The molecule has 2 aliphatic rings. The molecule has 2 atom stereocenters. The van der Waals surface area contributed by atoms with Crippen molar-refractivity contribution in [2.75, 3.05) is 33.4 Å². The van der Waals surface area contributed by atoms with Crippen molar-refractivity contribution in [3.8, 4) is 11.5 Å². The summed E-state index contributed by atoms with van der Waals surface area (Å²) >= 11 is 0. The summed E-state index contributed by atoms with van der Waals surface area (Å²) in [5.41, 5.74) is 2.34. The van der Waals surface area contributed by atoms with Crippen molar-refractivity contribution in [2.24, 2.45) is 0 Å². The van der Waals surface area contributed by atoms with E-state index < -0.39 is 0 Å². The second-order valence-electron chi connectivity index (χ2n) is 10.7. The minimum Gasteiger partial charge on any atom is -0.497 e. The van der Waals surface area contributed by atoms with Crippen molar-refractivity contribution in [3.05, 3.63) is 59.7 Å². The van der Waals surface area contributed by atoms with Crippen molar-refractivity contribution in [3.63, 3.8) is 0 Å². The molecular weight excluding hydrogens is 440 g/mol. The summed E-state index contributed by atoms with van der Waals surface area (Å²) in [5.74, 6) is 1.77. The van der Waals surface area contributed by atoms with Gasteiger partial charge in [0.25, 0.3) is 0 Å². The molecule has 1 amide bonds. The smallest absolute Gasteiger partial charge is 0.221 e. The summed E-state index contributed by atoms with van der Waals surface area (Å²) in [7, 11) is 1.66. The standard InChI is InChI=1S/C29H40N2O4/c1-22-19-31(20-23-10-11-25(33-4)18-26(23)35-22)16-12-27(32)30-15-13-29(24-8-6-5-7-9-24)14-17-34-28(2,3)21-29/h5-11,18,22H,12-17,19-21H2,1-4H3,(H,30,32)/t22-,29-/m1/s1. The maximum atomic E-state index is 12.8. The van der Waals surface area contributed by atoms with Crippen LogP contribution in [0.3, 0.4) is 0 Å². The van der Waals surface area contributed by atoms with E-state index in [2.05, 4.69) is 67.4 Å². The van der Waals surface area contributed by atoms with Gasteiger partial charge in [-0.1, -0.05) is 36.4 Å². The molecule has 4 rings (SSSR count). The molecule has 2 heterocycles. The van der Waals surface area contributed by atoms with Crippen LogP contribution in [-0.4, -0.2) is 55.9 Å². The zero-order valence-corrected chi connectivity index (χ0v) is 21.6. The third kappa shape index (κ3) is 6.56. The number of hydrogen-bond donors (Lipinski definition) is 1. The van der Waals surface area contributed by atoms with Crippen molar-refractivity contribution >= 4 is 5.91 Å². The van der Waals surface area contributed by atoms with Gasteiger partial charge < -0.3 is 19.5 Å². The molecule has 1 N–H and O–H groups in total. The lowest BCUT2D eigenvalue weighted by Gasteiger charge is -2.45. The van der Waals surface area contributed by atoms with Crippen LogP contribution in [0.25, 0.3) is 0 Å². The summed E-state index contributed by atoms with van der Waals surface area (Å²) < 4.78 is 17.5. The molecule has 0 spiro atoms. The first kappa shape index (κ1) is 25.5. The second kappa shape index (κ2) is 11.0.